The first-order valence-electron chi connectivity index (χ1n) is 6.72. The largest absolute Gasteiger partial charge is 0.310 e. The highest BCUT2D eigenvalue weighted by molar-refractivity contribution is 5.21. The number of pyridine rings is 1. The fraction of sp³-hybridized carbons (Fsp3) is 0.400. The summed E-state index contributed by atoms with van der Waals surface area (Å²) < 4.78 is 0. The third-order valence-corrected chi connectivity index (χ3v) is 3.38. The molecular weight excluding hydrogens is 252 g/mol. The summed E-state index contributed by atoms with van der Waals surface area (Å²) in [5.41, 5.74) is 2.47. The van der Waals surface area contributed by atoms with E-state index in [0.717, 1.165) is 11.3 Å². The summed E-state index contributed by atoms with van der Waals surface area (Å²) in [6.07, 6.45) is 3.58. The second kappa shape index (κ2) is 5.96. The molecule has 2 rings (SSSR count). The van der Waals surface area contributed by atoms with Crippen LogP contribution in [0.1, 0.15) is 48.6 Å². The second-order valence-electron chi connectivity index (χ2n) is 5.05. The van der Waals surface area contributed by atoms with Gasteiger partial charge in [-0.05, 0) is 39.3 Å². The summed E-state index contributed by atoms with van der Waals surface area (Å²) in [6, 6.07) is 3.95. The predicted octanol–water partition coefficient (Wildman–Crippen LogP) is 2.19. The number of aryl methyl sites for hydroxylation is 2. The van der Waals surface area contributed by atoms with Gasteiger partial charge in [-0.25, -0.2) is 4.98 Å². The first-order valence-corrected chi connectivity index (χ1v) is 6.72. The Balaban J connectivity index is 2.21. The van der Waals surface area contributed by atoms with E-state index in [1.807, 2.05) is 32.2 Å². The van der Waals surface area contributed by atoms with Crippen LogP contribution in [0.15, 0.2) is 29.3 Å². The molecule has 5 nitrogen and oxygen atoms in total. The summed E-state index contributed by atoms with van der Waals surface area (Å²) in [4.78, 5) is 23.3. The zero-order valence-electron chi connectivity index (χ0n) is 12.3. The maximum absolute atomic E-state index is 12.1. The predicted molar refractivity (Wildman–Crippen MR) is 78.5 cm³/mol. The molecule has 0 spiro atoms. The molecular formula is C15H20N4O. The van der Waals surface area contributed by atoms with Gasteiger partial charge in [-0.1, -0.05) is 6.07 Å². The van der Waals surface area contributed by atoms with Gasteiger partial charge in [-0.2, -0.15) is 0 Å². The number of rotatable bonds is 4. The van der Waals surface area contributed by atoms with Crippen LogP contribution < -0.4 is 10.9 Å². The zero-order valence-corrected chi connectivity index (χ0v) is 12.3. The topological polar surface area (TPSA) is 70.7 Å². The van der Waals surface area contributed by atoms with Gasteiger partial charge in [0.05, 0.1) is 5.56 Å². The number of aromatic nitrogens is 3. The molecule has 0 saturated carbocycles. The lowest BCUT2D eigenvalue weighted by molar-refractivity contribution is 0.487. The van der Waals surface area contributed by atoms with Gasteiger partial charge in [0.2, 0.25) is 0 Å². The van der Waals surface area contributed by atoms with Crippen LogP contribution >= 0.6 is 0 Å². The summed E-state index contributed by atoms with van der Waals surface area (Å²) in [5.74, 6) is 0.642. The van der Waals surface area contributed by atoms with E-state index in [1.54, 1.807) is 13.1 Å². The maximum Gasteiger partial charge on any atom is 0.255 e. The Morgan fingerprint density at radius 3 is 2.60 bits per heavy atom. The van der Waals surface area contributed by atoms with E-state index in [-0.39, 0.29) is 17.6 Å². The van der Waals surface area contributed by atoms with Crippen LogP contribution in [0, 0.1) is 13.8 Å². The molecule has 1 unspecified atom stereocenters. The lowest BCUT2D eigenvalue weighted by atomic mass is 10.1. The molecule has 0 bridgehead atoms. The number of hydrogen-bond acceptors (Lipinski definition) is 4. The fourth-order valence-electron chi connectivity index (χ4n) is 2.43. The molecule has 2 aromatic heterocycles. The van der Waals surface area contributed by atoms with Gasteiger partial charge in [0.1, 0.15) is 5.82 Å². The van der Waals surface area contributed by atoms with Gasteiger partial charge in [0.25, 0.3) is 5.56 Å². The van der Waals surface area contributed by atoms with Crippen LogP contribution in [0.2, 0.25) is 0 Å². The highest BCUT2D eigenvalue weighted by Gasteiger charge is 2.17. The lowest BCUT2D eigenvalue weighted by Gasteiger charge is -2.21. The average molecular weight is 272 g/mol. The lowest BCUT2D eigenvalue weighted by Crippen LogP contribution is -2.29. The minimum Gasteiger partial charge on any atom is -0.310 e. The van der Waals surface area contributed by atoms with E-state index < -0.39 is 0 Å². The summed E-state index contributed by atoms with van der Waals surface area (Å²) >= 11 is 0. The Hall–Kier alpha value is -2.01. The molecule has 2 aromatic rings. The van der Waals surface area contributed by atoms with Gasteiger partial charge in [0.15, 0.2) is 0 Å². The number of H-pyrrole nitrogens is 1. The molecule has 0 aromatic carbocycles. The summed E-state index contributed by atoms with van der Waals surface area (Å²) in [5, 5.41) is 3.41. The maximum atomic E-state index is 12.1. The van der Waals surface area contributed by atoms with Crippen LogP contribution in [0.5, 0.6) is 0 Å². The molecule has 106 valence electrons. The van der Waals surface area contributed by atoms with Gasteiger partial charge in [-0.3, -0.25) is 9.78 Å². The average Bonchev–Trinajstić information content (AvgIpc) is 2.38. The normalized spacial score (nSPS) is 14.0. The van der Waals surface area contributed by atoms with Crippen molar-refractivity contribution in [1.82, 2.24) is 20.3 Å². The standard InChI is InChI=1S/C15H20N4O/c1-9(13-6-5-7-16-8-13)17-10(2)14-11(3)18-12(4)19-15(14)20/h5-10,17H,1-4H3,(H,18,19,20)/t9-,10?/m0/s1. The third kappa shape index (κ3) is 3.11. The van der Waals surface area contributed by atoms with E-state index in [2.05, 4.69) is 27.2 Å². The van der Waals surface area contributed by atoms with Crippen LogP contribution in [0.3, 0.4) is 0 Å². The van der Waals surface area contributed by atoms with Crippen LogP contribution in [0.4, 0.5) is 0 Å². The van der Waals surface area contributed by atoms with Crippen molar-refractivity contribution < 1.29 is 0 Å². The minimum atomic E-state index is -0.0814. The number of hydrogen-bond donors (Lipinski definition) is 2. The van der Waals surface area contributed by atoms with Crippen LogP contribution in [0.25, 0.3) is 0 Å². The Labute approximate surface area is 118 Å². The van der Waals surface area contributed by atoms with Crippen molar-refractivity contribution >= 4 is 0 Å². The first kappa shape index (κ1) is 14.4. The van der Waals surface area contributed by atoms with E-state index in [1.165, 1.54) is 0 Å². The van der Waals surface area contributed by atoms with Gasteiger partial charge >= 0.3 is 0 Å². The first-order chi connectivity index (χ1) is 9.49. The Morgan fingerprint density at radius 1 is 1.25 bits per heavy atom. The number of nitrogens with one attached hydrogen (secondary N) is 2. The highest BCUT2D eigenvalue weighted by atomic mass is 16.1. The second-order valence-corrected chi connectivity index (χ2v) is 5.05. The van der Waals surface area contributed by atoms with E-state index in [0.29, 0.717) is 11.4 Å². The van der Waals surface area contributed by atoms with Crippen molar-refractivity contribution in [1.29, 1.82) is 0 Å². The van der Waals surface area contributed by atoms with Crippen LogP contribution in [-0.2, 0) is 0 Å². The summed E-state index contributed by atoms with van der Waals surface area (Å²) in [7, 11) is 0. The molecule has 0 fully saturated rings. The Bertz CT molecular complexity index is 636. The van der Waals surface area contributed by atoms with Crippen LogP contribution in [-0.4, -0.2) is 15.0 Å². The molecule has 0 amide bonds. The smallest absolute Gasteiger partial charge is 0.255 e. The Kier molecular flexibility index (Phi) is 4.29. The minimum absolute atomic E-state index is 0.0756. The van der Waals surface area contributed by atoms with Crippen molar-refractivity contribution in [2.45, 2.75) is 39.8 Å². The van der Waals surface area contributed by atoms with E-state index >= 15 is 0 Å². The van der Waals surface area contributed by atoms with Gasteiger partial charge in [0, 0.05) is 30.2 Å². The molecule has 0 aliphatic carbocycles. The molecule has 2 N–H and O–H groups in total. The molecule has 0 aliphatic heterocycles. The molecule has 0 radical (unpaired) electrons. The molecule has 0 aliphatic rings. The zero-order chi connectivity index (χ0) is 14.7. The van der Waals surface area contributed by atoms with Crippen molar-refractivity contribution in [2.24, 2.45) is 0 Å². The molecule has 2 heterocycles. The van der Waals surface area contributed by atoms with E-state index in [9.17, 15) is 4.79 Å². The van der Waals surface area contributed by atoms with E-state index in [4.69, 9.17) is 0 Å². The van der Waals surface area contributed by atoms with Crippen molar-refractivity contribution in [3.8, 4) is 0 Å². The van der Waals surface area contributed by atoms with Crippen molar-refractivity contribution in [3.05, 3.63) is 57.5 Å². The number of aromatic amines is 1. The Morgan fingerprint density at radius 2 is 2.00 bits per heavy atom. The van der Waals surface area contributed by atoms with Crippen molar-refractivity contribution in [3.63, 3.8) is 0 Å². The van der Waals surface area contributed by atoms with Crippen molar-refractivity contribution in [2.75, 3.05) is 0 Å². The molecule has 0 saturated heterocycles. The molecule has 5 heteroatoms. The van der Waals surface area contributed by atoms with Gasteiger partial charge < -0.3 is 10.3 Å². The number of nitrogens with zero attached hydrogens (tertiary/aromatic N) is 2. The third-order valence-electron chi connectivity index (χ3n) is 3.38. The molecule has 2 atom stereocenters. The quantitative estimate of drug-likeness (QED) is 0.895. The fourth-order valence-corrected chi connectivity index (χ4v) is 2.43. The molecule has 20 heavy (non-hydrogen) atoms. The summed E-state index contributed by atoms with van der Waals surface area (Å²) in [6.45, 7) is 7.68. The highest BCUT2D eigenvalue weighted by Crippen LogP contribution is 2.17. The monoisotopic (exact) mass is 272 g/mol. The SMILES string of the molecule is Cc1nc(C)c(C(C)N[C@@H](C)c2cccnc2)c(=O)[nH]1. The van der Waals surface area contributed by atoms with Gasteiger partial charge in [-0.15, -0.1) is 0 Å².